The first-order chi connectivity index (χ1) is 13.0. The van der Waals surface area contributed by atoms with Crippen LogP contribution in [0, 0.1) is 13.8 Å². The van der Waals surface area contributed by atoms with Gasteiger partial charge in [0.15, 0.2) is 5.11 Å². The largest absolute Gasteiger partial charge is 0.467 e. The molecule has 27 heavy (non-hydrogen) atoms. The van der Waals surface area contributed by atoms with Crippen LogP contribution in [-0.4, -0.2) is 33.3 Å². The molecule has 3 rings (SSSR count). The van der Waals surface area contributed by atoms with Crippen molar-refractivity contribution < 1.29 is 9.52 Å². The molecule has 0 fully saturated rings. The van der Waals surface area contributed by atoms with Crippen molar-refractivity contribution in [2.24, 2.45) is 0 Å². The zero-order valence-electron chi connectivity index (χ0n) is 15.4. The van der Waals surface area contributed by atoms with Crippen LogP contribution < -0.4 is 10.9 Å². The topological polar surface area (TPSA) is 81.5 Å². The fourth-order valence-corrected chi connectivity index (χ4v) is 3.33. The van der Waals surface area contributed by atoms with Gasteiger partial charge in [-0.1, -0.05) is 6.07 Å². The van der Waals surface area contributed by atoms with Gasteiger partial charge in [-0.25, -0.2) is 0 Å². The lowest BCUT2D eigenvalue weighted by atomic mass is 10.0. The Bertz CT molecular complexity index is 996. The van der Waals surface area contributed by atoms with Gasteiger partial charge >= 0.3 is 0 Å². The Hall–Kier alpha value is -2.64. The molecule has 2 heterocycles. The molecule has 0 aliphatic carbocycles. The van der Waals surface area contributed by atoms with Gasteiger partial charge in [-0.15, -0.1) is 0 Å². The summed E-state index contributed by atoms with van der Waals surface area (Å²) in [7, 11) is 0. The third-order valence-corrected chi connectivity index (χ3v) is 4.80. The highest BCUT2D eigenvalue weighted by Gasteiger charge is 2.14. The van der Waals surface area contributed by atoms with Gasteiger partial charge in [0.05, 0.1) is 26.0 Å². The van der Waals surface area contributed by atoms with Crippen molar-refractivity contribution in [1.29, 1.82) is 0 Å². The van der Waals surface area contributed by atoms with Gasteiger partial charge in [-0.3, -0.25) is 4.79 Å². The monoisotopic (exact) mass is 385 g/mol. The van der Waals surface area contributed by atoms with Crippen molar-refractivity contribution >= 4 is 28.2 Å². The van der Waals surface area contributed by atoms with E-state index in [0.29, 0.717) is 30.3 Å². The highest BCUT2D eigenvalue weighted by Crippen LogP contribution is 2.19. The molecule has 0 aliphatic heterocycles. The zero-order valence-corrected chi connectivity index (χ0v) is 16.2. The van der Waals surface area contributed by atoms with E-state index in [0.717, 1.165) is 27.8 Å². The van der Waals surface area contributed by atoms with Crippen molar-refractivity contribution in [2.75, 3.05) is 13.2 Å². The van der Waals surface area contributed by atoms with Gasteiger partial charge in [-0.2, -0.15) is 0 Å². The van der Waals surface area contributed by atoms with Crippen LogP contribution in [-0.2, 0) is 13.1 Å². The zero-order chi connectivity index (χ0) is 19.4. The number of aliphatic hydroxyl groups excluding tert-OH is 1. The van der Waals surface area contributed by atoms with Crippen LogP contribution in [0.4, 0.5) is 0 Å². The van der Waals surface area contributed by atoms with E-state index in [4.69, 9.17) is 16.6 Å². The summed E-state index contributed by atoms with van der Waals surface area (Å²) in [5, 5.41) is 14.0. The number of rotatable bonds is 6. The SMILES string of the molecule is Cc1cc(C)c2cc(CN(CCO)C(=S)NCc3ccco3)c(=O)[nH]c2c1. The molecule has 0 saturated carbocycles. The first kappa shape index (κ1) is 19.1. The molecule has 0 amide bonds. The molecule has 2 aromatic heterocycles. The minimum Gasteiger partial charge on any atom is -0.467 e. The highest BCUT2D eigenvalue weighted by molar-refractivity contribution is 7.80. The molecule has 7 heteroatoms. The van der Waals surface area contributed by atoms with Crippen molar-refractivity contribution in [3.63, 3.8) is 0 Å². The van der Waals surface area contributed by atoms with E-state index in [1.54, 1.807) is 11.2 Å². The molecule has 3 aromatic rings. The van der Waals surface area contributed by atoms with E-state index in [9.17, 15) is 9.90 Å². The number of aromatic amines is 1. The summed E-state index contributed by atoms with van der Waals surface area (Å²) in [4.78, 5) is 17.3. The molecular weight excluding hydrogens is 362 g/mol. The van der Waals surface area contributed by atoms with Crippen LogP contribution in [0.1, 0.15) is 22.5 Å². The molecule has 0 saturated heterocycles. The van der Waals surface area contributed by atoms with Gasteiger partial charge in [0.25, 0.3) is 5.56 Å². The summed E-state index contributed by atoms with van der Waals surface area (Å²) >= 11 is 5.44. The van der Waals surface area contributed by atoms with Crippen molar-refractivity contribution in [1.82, 2.24) is 15.2 Å². The summed E-state index contributed by atoms with van der Waals surface area (Å²) in [5.41, 5.74) is 3.49. The number of aryl methyl sites for hydroxylation is 2. The molecule has 3 N–H and O–H groups in total. The molecule has 0 spiro atoms. The number of furan rings is 1. The second-order valence-corrected chi connectivity index (χ2v) is 6.94. The first-order valence-corrected chi connectivity index (χ1v) is 9.18. The maximum absolute atomic E-state index is 12.5. The number of nitrogens with zero attached hydrogens (tertiary/aromatic N) is 1. The third kappa shape index (κ3) is 4.56. The number of H-pyrrole nitrogens is 1. The van der Waals surface area contributed by atoms with Crippen LogP contribution in [0.2, 0.25) is 0 Å². The smallest absolute Gasteiger partial charge is 0.253 e. The molecular formula is C20H23N3O3S. The Morgan fingerprint density at radius 2 is 2.15 bits per heavy atom. The maximum Gasteiger partial charge on any atom is 0.253 e. The summed E-state index contributed by atoms with van der Waals surface area (Å²) in [6, 6.07) is 9.62. The summed E-state index contributed by atoms with van der Waals surface area (Å²) in [6.45, 7) is 5.05. The number of pyridine rings is 1. The van der Waals surface area contributed by atoms with E-state index >= 15 is 0 Å². The van der Waals surface area contributed by atoms with E-state index in [1.165, 1.54) is 0 Å². The lowest BCUT2D eigenvalue weighted by Gasteiger charge is -2.25. The minimum atomic E-state index is -0.149. The number of aromatic nitrogens is 1. The van der Waals surface area contributed by atoms with E-state index in [-0.39, 0.29) is 12.2 Å². The number of thiocarbonyl (C=S) groups is 1. The molecule has 0 atom stereocenters. The van der Waals surface area contributed by atoms with E-state index in [2.05, 4.69) is 16.4 Å². The third-order valence-electron chi connectivity index (χ3n) is 4.40. The van der Waals surface area contributed by atoms with E-state index in [1.807, 2.05) is 38.1 Å². The predicted molar refractivity (Wildman–Crippen MR) is 110 cm³/mol. The number of hydrogen-bond donors (Lipinski definition) is 3. The number of nitrogens with one attached hydrogen (secondary N) is 2. The molecule has 1 aromatic carbocycles. The summed E-state index contributed by atoms with van der Waals surface area (Å²) in [5.74, 6) is 0.760. The van der Waals surface area contributed by atoms with Crippen LogP contribution in [0.5, 0.6) is 0 Å². The Balaban J connectivity index is 1.82. The molecule has 0 aliphatic rings. The Labute approximate surface area is 162 Å². The summed E-state index contributed by atoms with van der Waals surface area (Å²) < 4.78 is 5.29. The standard InChI is InChI=1S/C20H23N3O3S/c1-13-8-14(2)17-10-15(19(25)22-18(17)9-13)12-23(5-6-24)20(27)21-11-16-4-3-7-26-16/h3-4,7-10,24H,5-6,11-12H2,1-2H3,(H,21,27)(H,22,25). The lowest BCUT2D eigenvalue weighted by Crippen LogP contribution is -2.41. The fourth-order valence-electron chi connectivity index (χ4n) is 3.10. The maximum atomic E-state index is 12.5. The summed E-state index contributed by atoms with van der Waals surface area (Å²) in [6.07, 6.45) is 1.60. The Morgan fingerprint density at radius 1 is 1.33 bits per heavy atom. The van der Waals surface area contributed by atoms with Crippen LogP contribution in [0.15, 0.2) is 45.8 Å². The van der Waals surface area contributed by atoms with Crippen LogP contribution in [0.3, 0.4) is 0 Å². The average Bonchev–Trinajstić information content (AvgIpc) is 3.13. The fraction of sp³-hybridized carbons (Fsp3) is 0.300. The van der Waals surface area contributed by atoms with Crippen LogP contribution >= 0.6 is 12.2 Å². The molecule has 0 unspecified atom stereocenters. The Morgan fingerprint density at radius 3 is 2.85 bits per heavy atom. The number of hydrogen-bond acceptors (Lipinski definition) is 4. The van der Waals surface area contributed by atoms with Gasteiger partial charge < -0.3 is 24.7 Å². The Kier molecular flexibility index (Phi) is 5.93. The first-order valence-electron chi connectivity index (χ1n) is 8.77. The van der Waals surface area contributed by atoms with Gasteiger partial charge in [-0.05, 0) is 61.5 Å². The van der Waals surface area contributed by atoms with Crippen molar-refractivity contribution in [3.8, 4) is 0 Å². The van der Waals surface area contributed by atoms with Gasteiger partial charge in [0, 0.05) is 23.0 Å². The lowest BCUT2D eigenvalue weighted by molar-refractivity contribution is 0.245. The average molecular weight is 385 g/mol. The molecule has 0 bridgehead atoms. The van der Waals surface area contributed by atoms with E-state index < -0.39 is 0 Å². The second kappa shape index (κ2) is 8.37. The number of fused-ring (bicyclic) bond motifs is 1. The number of benzene rings is 1. The molecule has 0 radical (unpaired) electrons. The second-order valence-electron chi connectivity index (χ2n) is 6.55. The van der Waals surface area contributed by atoms with Gasteiger partial charge in [0.2, 0.25) is 0 Å². The minimum absolute atomic E-state index is 0.0632. The predicted octanol–water partition coefficient (Wildman–Crippen LogP) is 2.61. The highest BCUT2D eigenvalue weighted by atomic mass is 32.1. The number of aliphatic hydroxyl groups is 1. The quantitative estimate of drug-likeness (QED) is 0.566. The van der Waals surface area contributed by atoms with Crippen LogP contribution in [0.25, 0.3) is 10.9 Å². The molecule has 6 nitrogen and oxygen atoms in total. The normalized spacial score (nSPS) is 10.9. The van der Waals surface area contributed by atoms with Crippen molar-refractivity contribution in [2.45, 2.75) is 26.9 Å². The van der Waals surface area contributed by atoms with Gasteiger partial charge in [0.1, 0.15) is 5.76 Å². The van der Waals surface area contributed by atoms with Crippen molar-refractivity contribution in [3.05, 3.63) is 69.4 Å². The molecule has 142 valence electrons.